The average molecular weight is 280 g/mol. The molecule has 4 nitrogen and oxygen atoms in total. The molecule has 0 radical (unpaired) electrons. The van der Waals surface area contributed by atoms with Crippen LogP contribution in [0.2, 0.25) is 0 Å². The van der Waals surface area contributed by atoms with E-state index in [4.69, 9.17) is 0 Å². The lowest BCUT2D eigenvalue weighted by Gasteiger charge is -2.22. The van der Waals surface area contributed by atoms with E-state index in [9.17, 15) is 9.90 Å². The summed E-state index contributed by atoms with van der Waals surface area (Å²) in [6.45, 7) is 1.23. The molecule has 1 fully saturated rings. The fourth-order valence-electron chi connectivity index (χ4n) is 2.05. The first-order valence-electron chi connectivity index (χ1n) is 6.56. The summed E-state index contributed by atoms with van der Waals surface area (Å²) in [6.07, 6.45) is -0.159. The normalized spacial score (nSPS) is 20.8. The third-order valence-electron chi connectivity index (χ3n) is 3.11. The van der Waals surface area contributed by atoms with E-state index >= 15 is 0 Å². The number of nitrogens with one attached hydrogen (secondary N) is 2. The maximum atomic E-state index is 11.8. The van der Waals surface area contributed by atoms with Crippen molar-refractivity contribution in [1.29, 1.82) is 0 Å². The molecule has 0 spiro atoms. The van der Waals surface area contributed by atoms with Crippen molar-refractivity contribution >= 4 is 17.7 Å². The number of carbonyl (C=O) groups is 1. The van der Waals surface area contributed by atoms with Crippen molar-refractivity contribution in [3.63, 3.8) is 0 Å². The second-order valence-electron chi connectivity index (χ2n) is 4.66. The van der Waals surface area contributed by atoms with Gasteiger partial charge in [-0.15, -0.1) is 0 Å². The van der Waals surface area contributed by atoms with Crippen molar-refractivity contribution in [1.82, 2.24) is 10.6 Å². The lowest BCUT2D eigenvalue weighted by atomic mass is 10.1. The van der Waals surface area contributed by atoms with Crippen molar-refractivity contribution < 1.29 is 9.90 Å². The third-order valence-corrected chi connectivity index (χ3v) is 4.24. The minimum atomic E-state index is -0.640. The molecule has 1 saturated heterocycles. The second-order valence-corrected chi connectivity index (χ2v) is 5.81. The van der Waals surface area contributed by atoms with Crippen LogP contribution in [-0.4, -0.2) is 41.7 Å². The van der Waals surface area contributed by atoms with Gasteiger partial charge >= 0.3 is 0 Å². The first kappa shape index (κ1) is 14.4. The molecular formula is C14H20N2O2S. The zero-order valence-corrected chi connectivity index (χ0v) is 11.7. The molecule has 2 rings (SSSR count). The number of carbonyl (C=O) groups excluding carboxylic acids is 1. The van der Waals surface area contributed by atoms with Gasteiger partial charge in [-0.05, 0) is 5.56 Å². The Morgan fingerprint density at radius 2 is 2.26 bits per heavy atom. The third kappa shape index (κ3) is 4.86. The van der Waals surface area contributed by atoms with E-state index in [-0.39, 0.29) is 18.5 Å². The van der Waals surface area contributed by atoms with Crippen molar-refractivity contribution in [3.8, 4) is 0 Å². The zero-order valence-electron chi connectivity index (χ0n) is 10.8. The number of amides is 1. The summed E-state index contributed by atoms with van der Waals surface area (Å²) in [7, 11) is 0. The van der Waals surface area contributed by atoms with Gasteiger partial charge in [0.25, 0.3) is 0 Å². The Morgan fingerprint density at radius 3 is 2.95 bits per heavy atom. The molecule has 2 unspecified atom stereocenters. The molecule has 1 aromatic carbocycles. The Morgan fingerprint density at radius 1 is 1.47 bits per heavy atom. The number of hydrogen-bond donors (Lipinski definition) is 3. The highest BCUT2D eigenvalue weighted by molar-refractivity contribution is 7.99. The Labute approximate surface area is 118 Å². The maximum absolute atomic E-state index is 11.8. The highest BCUT2D eigenvalue weighted by Gasteiger charge is 2.17. The van der Waals surface area contributed by atoms with Gasteiger partial charge in [0.1, 0.15) is 0 Å². The van der Waals surface area contributed by atoms with Gasteiger partial charge in [0, 0.05) is 37.1 Å². The molecular weight excluding hydrogens is 260 g/mol. The Balaban J connectivity index is 1.71. The van der Waals surface area contributed by atoms with Crippen molar-refractivity contribution in [2.24, 2.45) is 0 Å². The number of aliphatic hydroxyl groups excluding tert-OH is 1. The minimum Gasteiger partial charge on any atom is -0.387 e. The summed E-state index contributed by atoms with van der Waals surface area (Å²) in [6, 6.07) is 9.63. The summed E-state index contributed by atoms with van der Waals surface area (Å²) < 4.78 is 0. The predicted molar refractivity (Wildman–Crippen MR) is 78.1 cm³/mol. The highest BCUT2D eigenvalue weighted by atomic mass is 32.2. The van der Waals surface area contributed by atoms with Crippen LogP contribution >= 0.6 is 11.8 Å². The van der Waals surface area contributed by atoms with E-state index in [1.165, 1.54) is 0 Å². The summed E-state index contributed by atoms with van der Waals surface area (Å²) in [4.78, 5) is 11.8. The SMILES string of the molecule is O=C(CC1CSCCN1)NCC(O)c1ccccc1. The monoisotopic (exact) mass is 280 g/mol. The number of aliphatic hydroxyl groups is 1. The van der Waals surface area contributed by atoms with E-state index in [0.29, 0.717) is 6.42 Å². The van der Waals surface area contributed by atoms with Gasteiger partial charge in [0.05, 0.1) is 6.10 Å². The van der Waals surface area contributed by atoms with Gasteiger partial charge in [-0.2, -0.15) is 11.8 Å². The molecule has 0 saturated carbocycles. The number of thioether (sulfide) groups is 1. The van der Waals surface area contributed by atoms with Crippen LogP contribution in [0, 0.1) is 0 Å². The molecule has 1 aromatic rings. The van der Waals surface area contributed by atoms with E-state index < -0.39 is 6.10 Å². The molecule has 104 valence electrons. The highest BCUT2D eigenvalue weighted by Crippen LogP contribution is 2.12. The van der Waals surface area contributed by atoms with Gasteiger partial charge in [0.2, 0.25) is 5.91 Å². The molecule has 1 amide bonds. The van der Waals surface area contributed by atoms with Crippen molar-refractivity contribution in [3.05, 3.63) is 35.9 Å². The van der Waals surface area contributed by atoms with Gasteiger partial charge in [-0.1, -0.05) is 30.3 Å². The largest absolute Gasteiger partial charge is 0.387 e. The van der Waals surface area contributed by atoms with E-state index in [1.54, 1.807) is 0 Å². The van der Waals surface area contributed by atoms with E-state index in [1.807, 2.05) is 42.1 Å². The fraction of sp³-hybridized carbons (Fsp3) is 0.500. The van der Waals surface area contributed by atoms with Gasteiger partial charge in [0.15, 0.2) is 0 Å². The van der Waals surface area contributed by atoms with Crippen LogP contribution in [0.5, 0.6) is 0 Å². The van der Waals surface area contributed by atoms with Crippen LogP contribution in [0.25, 0.3) is 0 Å². The summed E-state index contributed by atoms with van der Waals surface area (Å²) in [5, 5.41) is 16.1. The topological polar surface area (TPSA) is 61.4 Å². The molecule has 1 aliphatic heterocycles. The quantitative estimate of drug-likeness (QED) is 0.751. The first-order valence-corrected chi connectivity index (χ1v) is 7.72. The smallest absolute Gasteiger partial charge is 0.221 e. The lowest BCUT2D eigenvalue weighted by Crippen LogP contribution is -2.41. The number of hydrogen-bond acceptors (Lipinski definition) is 4. The predicted octanol–water partition coefficient (Wildman–Crippen LogP) is 0.931. The van der Waals surface area contributed by atoms with Gasteiger partial charge < -0.3 is 15.7 Å². The molecule has 1 heterocycles. The summed E-state index contributed by atoms with van der Waals surface area (Å²) in [5.74, 6) is 2.09. The van der Waals surface area contributed by atoms with Crippen LogP contribution in [0.1, 0.15) is 18.1 Å². The zero-order chi connectivity index (χ0) is 13.5. The summed E-state index contributed by atoms with van der Waals surface area (Å²) >= 11 is 1.87. The van der Waals surface area contributed by atoms with E-state index in [0.717, 1.165) is 23.6 Å². The maximum Gasteiger partial charge on any atom is 0.221 e. The van der Waals surface area contributed by atoms with E-state index in [2.05, 4.69) is 10.6 Å². The van der Waals surface area contributed by atoms with Gasteiger partial charge in [-0.25, -0.2) is 0 Å². The molecule has 5 heteroatoms. The second kappa shape index (κ2) is 7.53. The Hall–Kier alpha value is -1.04. The minimum absolute atomic E-state index is 0.00465. The number of benzene rings is 1. The van der Waals surface area contributed by atoms with Crippen LogP contribution in [-0.2, 0) is 4.79 Å². The van der Waals surface area contributed by atoms with Gasteiger partial charge in [-0.3, -0.25) is 4.79 Å². The average Bonchev–Trinajstić information content (AvgIpc) is 2.47. The standard InChI is InChI=1S/C14H20N2O2S/c17-13(11-4-2-1-3-5-11)9-16-14(18)8-12-10-19-7-6-15-12/h1-5,12-13,15,17H,6-10H2,(H,16,18). The number of rotatable bonds is 5. The molecule has 2 atom stereocenters. The first-order chi connectivity index (χ1) is 9.25. The fourth-order valence-corrected chi connectivity index (χ4v) is 3.00. The molecule has 1 aliphatic rings. The Kier molecular flexibility index (Phi) is 5.69. The van der Waals surface area contributed by atoms with Crippen molar-refractivity contribution in [2.45, 2.75) is 18.6 Å². The lowest BCUT2D eigenvalue weighted by molar-refractivity contribution is -0.121. The summed E-state index contributed by atoms with van der Waals surface area (Å²) in [5.41, 5.74) is 0.828. The molecule has 0 aromatic heterocycles. The molecule has 19 heavy (non-hydrogen) atoms. The van der Waals surface area contributed by atoms with Crippen LogP contribution < -0.4 is 10.6 Å². The molecule has 0 aliphatic carbocycles. The van der Waals surface area contributed by atoms with Crippen LogP contribution in [0.4, 0.5) is 0 Å². The van der Waals surface area contributed by atoms with Crippen LogP contribution in [0.15, 0.2) is 30.3 Å². The Bertz CT molecular complexity index is 394. The molecule has 0 bridgehead atoms. The van der Waals surface area contributed by atoms with Crippen molar-refractivity contribution in [2.75, 3.05) is 24.6 Å². The van der Waals surface area contributed by atoms with Crippen LogP contribution in [0.3, 0.4) is 0 Å². The molecule has 3 N–H and O–H groups in total.